The van der Waals surface area contributed by atoms with Crippen LogP contribution in [0.2, 0.25) is 0 Å². The third-order valence-corrected chi connectivity index (χ3v) is 3.80. The lowest BCUT2D eigenvalue weighted by Crippen LogP contribution is -2.08. The largest absolute Gasteiger partial charge is 0.491 e. The third kappa shape index (κ3) is 2.14. The van der Waals surface area contributed by atoms with Crippen LogP contribution in [0, 0.1) is 0 Å². The molecule has 19 heavy (non-hydrogen) atoms. The van der Waals surface area contributed by atoms with Crippen molar-refractivity contribution in [2.24, 2.45) is 0 Å². The minimum absolute atomic E-state index is 0.371. The van der Waals surface area contributed by atoms with Gasteiger partial charge in [-0.05, 0) is 24.3 Å². The van der Waals surface area contributed by atoms with E-state index in [4.69, 9.17) is 10.5 Å². The van der Waals surface area contributed by atoms with Gasteiger partial charge in [0.25, 0.3) is 0 Å². The maximum Gasteiger partial charge on any atom is 0.187 e. The summed E-state index contributed by atoms with van der Waals surface area (Å²) in [4.78, 5) is 8.22. The smallest absolute Gasteiger partial charge is 0.187 e. The molecule has 0 unspecified atom stereocenters. The zero-order valence-corrected chi connectivity index (χ0v) is 11.0. The summed E-state index contributed by atoms with van der Waals surface area (Å²) in [6.07, 6.45) is 5.43. The summed E-state index contributed by atoms with van der Waals surface area (Å²) in [6.45, 7) is 0. The highest BCUT2D eigenvalue weighted by Crippen LogP contribution is 2.37. The van der Waals surface area contributed by atoms with E-state index in [2.05, 4.69) is 34.2 Å². The van der Waals surface area contributed by atoms with Crippen molar-refractivity contribution >= 4 is 5.82 Å². The van der Waals surface area contributed by atoms with Crippen LogP contribution in [-0.4, -0.2) is 17.1 Å². The number of nitrogens with zero attached hydrogens (tertiary/aromatic N) is 2. The number of methoxy groups -OCH3 is 1. The molecular weight excluding hydrogens is 238 g/mol. The Morgan fingerprint density at radius 2 is 1.89 bits per heavy atom. The summed E-state index contributed by atoms with van der Waals surface area (Å²) >= 11 is 0. The van der Waals surface area contributed by atoms with Gasteiger partial charge in [0, 0.05) is 5.56 Å². The van der Waals surface area contributed by atoms with Crippen LogP contribution in [0.5, 0.6) is 5.75 Å². The van der Waals surface area contributed by atoms with Crippen molar-refractivity contribution in [2.45, 2.75) is 25.2 Å². The zero-order valence-electron chi connectivity index (χ0n) is 11.0. The first-order valence-electron chi connectivity index (χ1n) is 6.54. The number of nitrogen functional groups attached to an aromatic ring is 1. The molecule has 4 nitrogen and oxygen atoms in total. The topological polar surface area (TPSA) is 61.0 Å². The van der Waals surface area contributed by atoms with Gasteiger partial charge in [-0.1, -0.05) is 30.7 Å². The van der Waals surface area contributed by atoms with E-state index in [0.29, 0.717) is 11.6 Å². The lowest BCUT2D eigenvalue weighted by atomic mass is 9.80. The number of aromatic nitrogens is 2. The van der Waals surface area contributed by atoms with Crippen LogP contribution in [-0.2, 0) is 0 Å². The Balaban J connectivity index is 1.95. The molecule has 2 aromatic rings. The number of ether oxygens (including phenoxy) is 1. The van der Waals surface area contributed by atoms with E-state index in [1.165, 1.54) is 31.2 Å². The van der Waals surface area contributed by atoms with Gasteiger partial charge in [-0.25, -0.2) is 9.97 Å². The van der Waals surface area contributed by atoms with Crippen LogP contribution in [0.4, 0.5) is 5.82 Å². The average molecular weight is 255 g/mol. The third-order valence-electron chi connectivity index (χ3n) is 3.80. The molecular formula is C15H17N3O. The summed E-state index contributed by atoms with van der Waals surface area (Å²) in [5.41, 5.74) is 8.97. The van der Waals surface area contributed by atoms with E-state index in [1.807, 2.05) is 0 Å². The maximum atomic E-state index is 5.80. The van der Waals surface area contributed by atoms with Crippen LogP contribution in [0.1, 0.15) is 30.7 Å². The molecule has 1 fully saturated rings. The number of benzene rings is 1. The van der Waals surface area contributed by atoms with Crippen LogP contribution < -0.4 is 10.5 Å². The molecule has 1 aromatic carbocycles. The second-order valence-electron chi connectivity index (χ2n) is 4.89. The molecule has 0 aliphatic heterocycles. The molecule has 1 heterocycles. The Bertz CT molecular complexity index is 576. The van der Waals surface area contributed by atoms with E-state index in [1.54, 1.807) is 7.11 Å². The number of hydrogen-bond acceptors (Lipinski definition) is 4. The van der Waals surface area contributed by atoms with Crippen LogP contribution in [0.15, 0.2) is 30.6 Å². The zero-order chi connectivity index (χ0) is 13.2. The predicted molar refractivity (Wildman–Crippen MR) is 75.0 cm³/mol. The lowest BCUT2D eigenvalue weighted by Gasteiger charge is -2.25. The average Bonchev–Trinajstić information content (AvgIpc) is 2.37. The SMILES string of the molecule is COc1c(N)ncnc1-c1ccc(C2CCC2)cc1. The van der Waals surface area contributed by atoms with Crippen molar-refractivity contribution < 1.29 is 4.74 Å². The van der Waals surface area contributed by atoms with Crippen molar-refractivity contribution in [3.05, 3.63) is 36.2 Å². The van der Waals surface area contributed by atoms with Gasteiger partial charge in [0.2, 0.25) is 0 Å². The molecule has 0 radical (unpaired) electrons. The number of anilines is 1. The fraction of sp³-hybridized carbons (Fsp3) is 0.333. The Morgan fingerprint density at radius 3 is 2.47 bits per heavy atom. The Hall–Kier alpha value is -2.10. The number of rotatable bonds is 3. The van der Waals surface area contributed by atoms with Gasteiger partial charge in [0.1, 0.15) is 12.0 Å². The molecule has 4 heteroatoms. The summed E-state index contributed by atoms with van der Waals surface area (Å²) in [5, 5.41) is 0. The Kier molecular flexibility index (Phi) is 3.07. The first kappa shape index (κ1) is 12.0. The molecule has 1 aromatic heterocycles. The van der Waals surface area contributed by atoms with Crippen molar-refractivity contribution in [3.63, 3.8) is 0 Å². The van der Waals surface area contributed by atoms with E-state index < -0.39 is 0 Å². The highest BCUT2D eigenvalue weighted by atomic mass is 16.5. The van der Waals surface area contributed by atoms with Crippen molar-refractivity contribution in [2.75, 3.05) is 12.8 Å². The summed E-state index contributed by atoms with van der Waals surface area (Å²) < 4.78 is 5.29. The van der Waals surface area contributed by atoms with Gasteiger partial charge in [0.05, 0.1) is 7.11 Å². The fourth-order valence-corrected chi connectivity index (χ4v) is 2.45. The summed E-state index contributed by atoms with van der Waals surface area (Å²) in [5.74, 6) is 1.65. The van der Waals surface area contributed by atoms with Gasteiger partial charge in [-0.3, -0.25) is 0 Å². The minimum atomic E-state index is 0.371. The Labute approximate surface area is 112 Å². The molecule has 3 rings (SSSR count). The Morgan fingerprint density at radius 1 is 1.16 bits per heavy atom. The van der Waals surface area contributed by atoms with Crippen molar-refractivity contribution in [1.29, 1.82) is 0 Å². The molecule has 2 N–H and O–H groups in total. The van der Waals surface area contributed by atoms with Gasteiger partial charge >= 0.3 is 0 Å². The molecule has 1 aliphatic rings. The molecule has 0 amide bonds. The van der Waals surface area contributed by atoms with Crippen molar-refractivity contribution in [1.82, 2.24) is 9.97 Å². The van der Waals surface area contributed by atoms with E-state index in [-0.39, 0.29) is 0 Å². The normalized spacial score (nSPS) is 15.0. The minimum Gasteiger partial charge on any atom is -0.491 e. The summed E-state index contributed by atoms with van der Waals surface area (Å²) in [7, 11) is 1.58. The van der Waals surface area contributed by atoms with Crippen molar-refractivity contribution in [3.8, 4) is 17.0 Å². The van der Waals surface area contributed by atoms with Gasteiger partial charge in [0.15, 0.2) is 11.6 Å². The number of hydrogen-bond donors (Lipinski definition) is 1. The van der Waals surface area contributed by atoms with Gasteiger partial charge in [-0.15, -0.1) is 0 Å². The van der Waals surface area contributed by atoms with Gasteiger partial charge in [-0.2, -0.15) is 0 Å². The standard InChI is InChI=1S/C15H17N3O/c1-19-14-13(17-9-18-15(14)16)12-7-5-11(6-8-12)10-3-2-4-10/h5-10H,2-4H2,1H3,(H2,16,17,18). The predicted octanol–water partition coefficient (Wildman–Crippen LogP) is 3.00. The molecule has 0 bridgehead atoms. The first-order valence-corrected chi connectivity index (χ1v) is 6.54. The van der Waals surface area contributed by atoms with Crippen LogP contribution >= 0.6 is 0 Å². The maximum absolute atomic E-state index is 5.80. The molecule has 0 atom stereocenters. The molecule has 0 spiro atoms. The van der Waals surface area contributed by atoms with Crippen LogP contribution in [0.25, 0.3) is 11.3 Å². The van der Waals surface area contributed by atoms with E-state index in [0.717, 1.165) is 17.2 Å². The quantitative estimate of drug-likeness (QED) is 0.915. The second kappa shape index (κ2) is 4.88. The lowest BCUT2D eigenvalue weighted by molar-refractivity contribution is 0.415. The number of nitrogens with two attached hydrogens (primary N) is 1. The highest BCUT2D eigenvalue weighted by molar-refractivity contribution is 5.71. The van der Waals surface area contributed by atoms with E-state index in [9.17, 15) is 0 Å². The molecule has 98 valence electrons. The monoisotopic (exact) mass is 255 g/mol. The van der Waals surface area contributed by atoms with Crippen LogP contribution in [0.3, 0.4) is 0 Å². The first-order chi connectivity index (χ1) is 9.29. The summed E-state index contributed by atoms with van der Waals surface area (Å²) in [6, 6.07) is 8.52. The molecule has 0 saturated heterocycles. The molecule has 1 saturated carbocycles. The highest BCUT2D eigenvalue weighted by Gasteiger charge is 2.19. The van der Waals surface area contributed by atoms with Gasteiger partial charge < -0.3 is 10.5 Å². The molecule has 1 aliphatic carbocycles. The second-order valence-corrected chi connectivity index (χ2v) is 4.89. The van der Waals surface area contributed by atoms with E-state index >= 15 is 0 Å². The fourth-order valence-electron chi connectivity index (χ4n) is 2.45.